The molecule has 0 aliphatic carbocycles. The molecular weight excluding hydrogens is 249 g/mol. The van der Waals surface area contributed by atoms with E-state index >= 15 is 0 Å². The molecular formula is C13H16FN3S. The van der Waals surface area contributed by atoms with Gasteiger partial charge in [0.1, 0.15) is 5.82 Å². The number of nitrogens with one attached hydrogen (secondary N) is 2. The molecule has 0 amide bonds. The minimum absolute atomic E-state index is 0.171. The number of benzene rings is 1. The van der Waals surface area contributed by atoms with E-state index in [1.165, 1.54) is 17.8 Å². The van der Waals surface area contributed by atoms with Crippen LogP contribution in [0, 0.1) is 5.82 Å². The van der Waals surface area contributed by atoms with Crippen LogP contribution >= 0.6 is 11.8 Å². The van der Waals surface area contributed by atoms with Gasteiger partial charge in [0, 0.05) is 29.4 Å². The number of hydrogen-bond acceptors (Lipinski definition) is 3. The summed E-state index contributed by atoms with van der Waals surface area (Å²) in [5, 5.41) is 4.00. The second-order valence-electron chi connectivity index (χ2n) is 3.89. The van der Waals surface area contributed by atoms with E-state index in [0.29, 0.717) is 12.1 Å². The van der Waals surface area contributed by atoms with Crippen molar-refractivity contribution in [3.05, 3.63) is 42.0 Å². The molecule has 3 nitrogen and oxygen atoms in total. The Kier molecular flexibility index (Phi) is 4.78. The first-order valence-corrected chi connectivity index (χ1v) is 6.78. The molecule has 0 aliphatic heterocycles. The smallest absolute Gasteiger partial charge is 0.170 e. The number of rotatable bonds is 6. The summed E-state index contributed by atoms with van der Waals surface area (Å²) in [4.78, 5) is 8.05. The van der Waals surface area contributed by atoms with Crippen molar-refractivity contribution in [2.45, 2.75) is 29.9 Å². The Hall–Kier alpha value is -1.33. The SMILES string of the molecule is CCCNCc1c(F)cccc1Sc1ncc[nH]1. The maximum Gasteiger partial charge on any atom is 0.170 e. The Balaban J connectivity index is 2.15. The zero-order chi connectivity index (χ0) is 12.8. The maximum absolute atomic E-state index is 13.8. The molecule has 0 saturated carbocycles. The van der Waals surface area contributed by atoms with Crippen LogP contribution in [0.5, 0.6) is 0 Å². The highest BCUT2D eigenvalue weighted by Gasteiger charge is 2.10. The lowest BCUT2D eigenvalue weighted by Gasteiger charge is -2.10. The van der Waals surface area contributed by atoms with E-state index < -0.39 is 0 Å². The number of aromatic nitrogens is 2. The lowest BCUT2D eigenvalue weighted by atomic mass is 10.2. The third-order valence-corrected chi connectivity index (χ3v) is 3.50. The predicted molar refractivity (Wildman–Crippen MR) is 71.1 cm³/mol. The van der Waals surface area contributed by atoms with E-state index in [-0.39, 0.29) is 5.82 Å². The zero-order valence-corrected chi connectivity index (χ0v) is 11.1. The van der Waals surface area contributed by atoms with Gasteiger partial charge in [-0.1, -0.05) is 24.8 Å². The minimum Gasteiger partial charge on any atom is -0.339 e. The quantitative estimate of drug-likeness (QED) is 0.788. The molecule has 96 valence electrons. The first kappa shape index (κ1) is 13.1. The number of aromatic amines is 1. The van der Waals surface area contributed by atoms with Gasteiger partial charge in [0.15, 0.2) is 5.16 Å². The summed E-state index contributed by atoms with van der Waals surface area (Å²) in [6, 6.07) is 5.14. The summed E-state index contributed by atoms with van der Waals surface area (Å²) in [5.41, 5.74) is 0.701. The Bertz CT molecular complexity index is 485. The van der Waals surface area contributed by atoms with Crippen molar-refractivity contribution < 1.29 is 4.39 Å². The fourth-order valence-corrected chi connectivity index (χ4v) is 2.50. The van der Waals surface area contributed by atoms with Gasteiger partial charge in [-0.2, -0.15) is 0 Å². The molecule has 0 radical (unpaired) electrons. The van der Waals surface area contributed by atoms with Gasteiger partial charge >= 0.3 is 0 Å². The molecule has 0 fully saturated rings. The van der Waals surface area contributed by atoms with Gasteiger partial charge in [0.05, 0.1) is 0 Å². The molecule has 1 aromatic heterocycles. The molecule has 0 spiro atoms. The highest BCUT2D eigenvalue weighted by molar-refractivity contribution is 7.99. The van der Waals surface area contributed by atoms with E-state index in [9.17, 15) is 4.39 Å². The van der Waals surface area contributed by atoms with E-state index in [4.69, 9.17) is 0 Å². The molecule has 2 rings (SSSR count). The molecule has 0 unspecified atom stereocenters. The number of hydrogen-bond donors (Lipinski definition) is 2. The Morgan fingerprint density at radius 2 is 2.33 bits per heavy atom. The van der Waals surface area contributed by atoms with Gasteiger partial charge in [-0.05, 0) is 25.1 Å². The van der Waals surface area contributed by atoms with Crippen molar-refractivity contribution in [2.75, 3.05) is 6.54 Å². The molecule has 0 aliphatic rings. The number of imidazole rings is 1. The number of halogens is 1. The van der Waals surface area contributed by atoms with Crippen LogP contribution in [0.15, 0.2) is 40.6 Å². The maximum atomic E-state index is 13.8. The van der Waals surface area contributed by atoms with Gasteiger partial charge in [-0.3, -0.25) is 0 Å². The molecule has 2 aromatic rings. The second kappa shape index (κ2) is 6.56. The summed E-state index contributed by atoms with van der Waals surface area (Å²) in [5.74, 6) is -0.171. The van der Waals surface area contributed by atoms with E-state index in [0.717, 1.165) is 23.0 Å². The third kappa shape index (κ3) is 3.34. The van der Waals surface area contributed by atoms with Crippen molar-refractivity contribution in [1.82, 2.24) is 15.3 Å². The van der Waals surface area contributed by atoms with Gasteiger partial charge in [0.2, 0.25) is 0 Å². The topological polar surface area (TPSA) is 40.7 Å². The van der Waals surface area contributed by atoms with Crippen LogP contribution in [-0.2, 0) is 6.54 Å². The summed E-state index contributed by atoms with van der Waals surface area (Å²) >= 11 is 1.45. The average Bonchev–Trinajstić information content (AvgIpc) is 2.86. The van der Waals surface area contributed by atoms with Crippen LogP contribution in [0.2, 0.25) is 0 Å². The Morgan fingerprint density at radius 3 is 3.06 bits per heavy atom. The predicted octanol–water partition coefficient (Wildman–Crippen LogP) is 3.20. The van der Waals surface area contributed by atoms with Crippen molar-refractivity contribution in [3.8, 4) is 0 Å². The van der Waals surface area contributed by atoms with Gasteiger partial charge in [-0.15, -0.1) is 0 Å². The highest BCUT2D eigenvalue weighted by Crippen LogP contribution is 2.29. The first-order chi connectivity index (χ1) is 8.81. The third-order valence-electron chi connectivity index (χ3n) is 2.48. The molecule has 0 saturated heterocycles. The monoisotopic (exact) mass is 265 g/mol. The fourth-order valence-electron chi connectivity index (χ4n) is 1.61. The Labute approximate surface area is 110 Å². The van der Waals surface area contributed by atoms with E-state index in [1.54, 1.807) is 18.5 Å². The molecule has 1 heterocycles. The van der Waals surface area contributed by atoms with Gasteiger partial charge in [-0.25, -0.2) is 9.37 Å². The molecule has 0 atom stereocenters. The van der Waals surface area contributed by atoms with Crippen LogP contribution in [-0.4, -0.2) is 16.5 Å². The van der Waals surface area contributed by atoms with Crippen LogP contribution in [0.25, 0.3) is 0 Å². The number of H-pyrrole nitrogens is 1. The lowest BCUT2D eigenvalue weighted by Crippen LogP contribution is -2.15. The standard InChI is InChI=1S/C13H16FN3S/c1-2-6-15-9-10-11(14)4-3-5-12(10)18-13-16-7-8-17-13/h3-5,7-8,15H,2,6,9H2,1H3,(H,16,17). The molecule has 5 heteroatoms. The van der Waals surface area contributed by atoms with Gasteiger partial charge < -0.3 is 10.3 Å². The van der Waals surface area contributed by atoms with Crippen molar-refractivity contribution in [2.24, 2.45) is 0 Å². The van der Waals surface area contributed by atoms with Crippen LogP contribution in [0.3, 0.4) is 0 Å². The summed E-state index contributed by atoms with van der Waals surface area (Å²) in [7, 11) is 0. The van der Waals surface area contributed by atoms with Crippen molar-refractivity contribution >= 4 is 11.8 Å². The van der Waals surface area contributed by atoms with Crippen molar-refractivity contribution in [3.63, 3.8) is 0 Å². The molecule has 2 N–H and O–H groups in total. The summed E-state index contributed by atoms with van der Waals surface area (Å²) in [6.07, 6.45) is 4.49. The molecule has 18 heavy (non-hydrogen) atoms. The first-order valence-electron chi connectivity index (χ1n) is 5.96. The lowest BCUT2D eigenvalue weighted by molar-refractivity contribution is 0.578. The second-order valence-corrected chi connectivity index (χ2v) is 4.92. The van der Waals surface area contributed by atoms with Crippen molar-refractivity contribution in [1.29, 1.82) is 0 Å². The fraction of sp³-hybridized carbons (Fsp3) is 0.308. The minimum atomic E-state index is -0.171. The summed E-state index contributed by atoms with van der Waals surface area (Å²) in [6.45, 7) is 3.52. The molecule has 0 bridgehead atoms. The highest BCUT2D eigenvalue weighted by atomic mass is 32.2. The zero-order valence-electron chi connectivity index (χ0n) is 10.2. The average molecular weight is 265 g/mol. The van der Waals surface area contributed by atoms with Crippen LogP contribution in [0.1, 0.15) is 18.9 Å². The van der Waals surface area contributed by atoms with E-state index in [2.05, 4.69) is 22.2 Å². The number of nitrogens with zero attached hydrogens (tertiary/aromatic N) is 1. The van der Waals surface area contributed by atoms with E-state index in [1.807, 2.05) is 6.07 Å². The van der Waals surface area contributed by atoms with Crippen LogP contribution < -0.4 is 5.32 Å². The Morgan fingerprint density at radius 1 is 1.44 bits per heavy atom. The summed E-state index contributed by atoms with van der Waals surface area (Å²) < 4.78 is 13.8. The normalized spacial score (nSPS) is 10.8. The largest absolute Gasteiger partial charge is 0.339 e. The van der Waals surface area contributed by atoms with Crippen LogP contribution in [0.4, 0.5) is 4.39 Å². The molecule has 1 aromatic carbocycles. The van der Waals surface area contributed by atoms with Gasteiger partial charge in [0.25, 0.3) is 0 Å².